The predicted molar refractivity (Wildman–Crippen MR) is 94.5 cm³/mol. The molecule has 0 spiro atoms. The van der Waals surface area contributed by atoms with E-state index in [0.29, 0.717) is 12.0 Å². The van der Waals surface area contributed by atoms with Crippen LogP contribution in [0.2, 0.25) is 0 Å². The molecular weight excluding hydrogens is 306 g/mol. The largest absolute Gasteiger partial charge is 0.493 e. The van der Waals surface area contributed by atoms with Crippen molar-refractivity contribution in [2.45, 2.75) is 36.7 Å². The van der Waals surface area contributed by atoms with Gasteiger partial charge in [-0.15, -0.1) is 0 Å². The Morgan fingerprint density at radius 2 is 1.83 bits per heavy atom. The topological polar surface area (TPSA) is 38.3 Å². The molecule has 0 fully saturated rings. The molecule has 2 aromatic rings. The van der Waals surface area contributed by atoms with Crippen molar-refractivity contribution >= 4 is 10.8 Å². The Hall–Kier alpha value is -1.65. The summed E-state index contributed by atoms with van der Waals surface area (Å²) in [6.07, 6.45) is 1.70. The fraction of sp³-hybridized carbons (Fsp3) is 0.368. The summed E-state index contributed by atoms with van der Waals surface area (Å²) in [4.78, 5) is 0.868. The molecule has 2 aromatic carbocycles. The Labute approximate surface area is 140 Å². The first-order valence-electron chi connectivity index (χ1n) is 7.97. The first kappa shape index (κ1) is 16.2. The van der Waals surface area contributed by atoms with E-state index >= 15 is 0 Å². The molecule has 0 aliphatic carbocycles. The molecule has 4 heteroatoms. The van der Waals surface area contributed by atoms with Crippen LogP contribution in [0.3, 0.4) is 0 Å². The lowest BCUT2D eigenvalue weighted by Gasteiger charge is -2.25. The van der Waals surface area contributed by atoms with Crippen molar-refractivity contribution in [3.63, 3.8) is 0 Å². The van der Waals surface area contributed by atoms with Crippen LogP contribution in [0.25, 0.3) is 0 Å². The zero-order chi connectivity index (χ0) is 16.4. The average molecular weight is 329 g/mol. The fourth-order valence-electron chi connectivity index (χ4n) is 3.16. The van der Waals surface area contributed by atoms with E-state index in [1.165, 1.54) is 11.1 Å². The van der Waals surface area contributed by atoms with E-state index in [9.17, 15) is 4.21 Å². The zero-order valence-corrected chi connectivity index (χ0v) is 14.6. The number of benzene rings is 2. The number of para-hydroxylation sites is 1. The van der Waals surface area contributed by atoms with Crippen molar-refractivity contribution in [1.82, 2.24) is 5.32 Å². The summed E-state index contributed by atoms with van der Waals surface area (Å²) in [5, 5.41) is 3.67. The van der Waals surface area contributed by atoms with Crippen LogP contribution >= 0.6 is 0 Å². The average Bonchev–Trinajstić information content (AvgIpc) is 2.99. The van der Waals surface area contributed by atoms with Crippen LogP contribution in [0, 0.1) is 0 Å². The summed E-state index contributed by atoms with van der Waals surface area (Å²) in [6, 6.07) is 16.8. The van der Waals surface area contributed by atoms with Gasteiger partial charge in [-0.1, -0.05) is 30.3 Å². The SMILES string of the molecule is CC(NC(C)C1COc2ccccc21)c1ccc(S(C)=O)cc1. The van der Waals surface area contributed by atoms with Gasteiger partial charge in [0.2, 0.25) is 0 Å². The third-order valence-electron chi connectivity index (χ3n) is 4.57. The van der Waals surface area contributed by atoms with Crippen molar-refractivity contribution in [3.8, 4) is 5.75 Å². The van der Waals surface area contributed by atoms with Crippen LogP contribution in [-0.2, 0) is 10.8 Å². The highest BCUT2D eigenvalue weighted by atomic mass is 32.2. The summed E-state index contributed by atoms with van der Waals surface area (Å²) in [5.41, 5.74) is 2.50. The van der Waals surface area contributed by atoms with Gasteiger partial charge in [0, 0.05) is 45.5 Å². The maximum absolute atomic E-state index is 11.5. The van der Waals surface area contributed by atoms with Crippen molar-refractivity contribution in [1.29, 1.82) is 0 Å². The minimum atomic E-state index is -0.925. The maximum atomic E-state index is 11.5. The maximum Gasteiger partial charge on any atom is 0.122 e. The Morgan fingerprint density at radius 3 is 2.52 bits per heavy atom. The van der Waals surface area contributed by atoms with Crippen molar-refractivity contribution in [2.24, 2.45) is 0 Å². The Bertz CT molecular complexity index is 699. The zero-order valence-electron chi connectivity index (χ0n) is 13.8. The van der Waals surface area contributed by atoms with Gasteiger partial charge in [0.25, 0.3) is 0 Å². The molecule has 0 saturated carbocycles. The van der Waals surface area contributed by atoms with Gasteiger partial charge in [0.05, 0.1) is 6.61 Å². The highest BCUT2D eigenvalue weighted by molar-refractivity contribution is 7.84. The second kappa shape index (κ2) is 6.85. The van der Waals surface area contributed by atoms with Gasteiger partial charge >= 0.3 is 0 Å². The van der Waals surface area contributed by atoms with E-state index in [2.05, 4.69) is 43.4 Å². The molecule has 4 unspecified atom stereocenters. The standard InChI is InChI=1S/C19H23NO2S/c1-13(15-8-10-16(11-9-15)23(3)21)20-14(2)18-12-22-19-7-5-4-6-17(18)19/h4-11,13-14,18,20H,12H2,1-3H3. The summed E-state index contributed by atoms with van der Waals surface area (Å²) in [6.45, 7) is 5.10. The molecule has 3 rings (SSSR count). The Morgan fingerprint density at radius 1 is 1.13 bits per heavy atom. The van der Waals surface area contributed by atoms with Crippen molar-refractivity contribution in [2.75, 3.05) is 12.9 Å². The minimum absolute atomic E-state index is 0.233. The normalized spacial score (nSPS) is 20.4. The third kappa shape index (κ3) is 3.48. The monoisotopic (exact) mass is 329 g/mol. The van der Waals surface area contributed by atoms with Crippen LogP contribution in [0.1, 0.15) is 36.9 Å². The first-order valence-corrected chi connectivity index (χ1v) is 9.53. The molecule has 0 bridgehead atoms. The Kier molecular flexibility index (Phi) is 4.83. The summed E-state index contributed by atoms with van der Waals surface area (Å²) in [7, 11) is -0.925. The molecule has 4 atom stereocenters. The van der Waals surface area contributed by atoms with Gasteiger partial charge in [-0.3, -0.25) is 4.21 Å². The number of rotatable bonds is 5. The summed E-state index contributed by atoms with van der Waals surface area (Å²) < 4.78 is 17.3. The molecule has 0 radical (unpaired) electrons. The van der Waals surface area contributed by atoms with Gasteiger partial charge in [-0.25, -0.2) is 0 Å². The van der Waals surface area contributed by atoms with E-state index in [-0.39, 0.29) is 6.04 Å². The number of hydrogen-bond donors (Lipinski definition) is 1. The molecule has 1 aliphatic heterocycles. The lowest BCUT2D eigenvalue weighted by Crippen LogP contribution is -2.34. The van der Waals surface area contributed by atoms with E-state index in [0.717, 1.165) is 17.3 Å². The molecular formula is C19H23NO2S. The quantitative estimate of drug-likeness (QED) is 0.910. The summed E-state index contributed by atoms with van der Waals surface area (Å²) in [5.74, 6) is 1.38. The minimum Gasteiger partial charge on any atom is -0.493 e. The molecule has 1 heterocycles. The molecule has 122 valence electrons. The highest BCUT2D eigenvalue weighted by Crippen LogP contribution is 2.36. The number of hydrogen-bond acceptors (Lipinski definition) is 3. The van der Waals surface area contributed by atoms with E-state index < -0.39 is 10.8 Å². The van der Waals surface area contributed by atoms with E-state index in [1.807, 2.05) is 24.3 Å². The Balaban J connectivity index is 1.68. The van der Waals surface area contributed by atoms with E-state index in [1.54, 1.807) is 6.26 Å². The molecule has 0 amide bonds. The van der Waals surface area contributed by atoms with Gasteiger partial charge in [-0.2, -0.15) is 0 Å². The van der Waals surface area contributed by atoms with Gasteiger partial charge in [0.15, 0.2) is 0 Å². The molecule has 1 aliphatic rings. The van der Waals surface area contributed by atoms with Gasteiger partial charge in [-0.05, 0) is 37.6 Å². The number of nitrogens with one attached hydrogen (secondary N) is 1. The first-order chi connectivity index (χ1) is 11.1. The lowest BCUT2D eigenvalue weighted by molar-refractivity contribution is 0.297. The molecule has 3 nitrogen and oxygen atoms in total. The van der Waals surface area contributed by atoms with Crippen molar-refractivity contribution in [3.05, 3.63) is 59.7 Å². The second-order valence-corrected chi connectivity index (χ2v) is 7.54. The number of ether oxygens (including phenoxy) is 1. The fourth-order valence-corrected chi connectivity index (χ4v) is 3.68. The van der Waals surface area contributed by atoms with E-state index in [4.69, 9.17) is 4.74 Å². The van der Waals surface area contributed by atoms with Crippen LogP contribution in [0.5, 0.6) is 5.75 Å². The molecule has 0 aromatic heterocycles. The smallest absolute Gasteiger partial charge is 0.122 e. The third-order valence-corrected chi connectivity index (χ3v) is 5.50. The summed E-state index contributed by atoms with van der Waals surface area (Å²) >= 11 is 0. The van der Waals surface area contributed by atoms with Crippen LogP contribution in [-0.4, -0.2) is 23.1 Å². The van der Waals surface area contributed by atoms with Crippen molar-refractivity contribution < 1.29 is 8.95 Å². The van der Waals surface area contributed by atoms with Gasteiger partial charge in [0.1, 0.15) is 5.75 Å². The molecule has 1 N–H and O–H groups in total. The molecule has 0 saturated heterocycles. The number of fused-ring (bicyclic) bond motifs is 1. The van der Waals surface area contributed by atoms with Gasteiger partial charge < -0.3 is 10.1 Å². The lowest BCUT2D eigenvalue weighted by atomic mass is 9.93. The van der Waals surface area contributed by atoms with Crippen LogP contribution in [0.4, 0.5) is 0 Å². The van der Waals surface area contributed by atoms with Crippen LogP contribution < -0.4 is 10.1 Å². The van der Waals surface area contributed by atoms with Crippen LogP contribution in [0.15, 0.2) is 53.4 Å². The predicted octanol–water partition coefficient (Wildman–Crippen LogP) is 3.64. The molecule has 23 heavy (non-hydrogen) atoms. The highest BCUT2D eigenvalue weighted by Gasteiger charge is 2.29. The second-order valence-electron chi connectivity index (χ2n) is 6.16.